The van der Waals surface area contributed by atoms with E-state index in [9.17, 15) is 4.79 Å². The lowest BCUT2D eigenvalue weighted by atomic mass is 10.2. The summed E-state index contributed by atoms with van der Waals surface area (Å²) in [6.07, 6.45) is 1.63. The van der Waals surface area contributed by atoms with Gasteiger partial charge in [-0.15, -0.1) is 0 Å². The van der Waals surface area contributed by atoms with Crippen molar-refractivity contribution in [2.45, 2.75) is 6.92 Å². The van der Waals surface area contributed by atoms with Gasteiger partial charge < -0.3 is 11.1 Å². The number of nitrogen functional groups attached to an aromatic ring is 1. The predicted octanol–water partition coefficient (Wildman–Crippen LogP) is 3.64. The molecule has 2 aromatic rings. The number of hydrogen-bond acceptors (Lipinski definition) is 3. The van der Waals surface area contributed by atoms with Crippen molar-refractivity contribution in [2.75, 3.05) is 11.1 Å². The Morgan fingerprint density at radius 3 is 2.84 bits per heavy atom. The molecule has 0 saturated heterocycles. The van der Waals surface area contributed by atoms with Crippen LogP contribution in [0.25, 0.3) is 0 Å². The minimum Gasteiger partial charge on any atom is -0.399 e. The molecule has 0 aliphatic rings. The predicted molar refractivity (Wildman–Crippen MR) is 80.5 cm³/mol. The lowest BCUT2D eigenvalue weighted by molar-refractivity contribution is 0.102. The van der Waals surface area contributed by atoms with Crippen molar-refractivity contribution in [1.82, 2.24) is 4.98 Å². The molecule has 0 bridgehead atoms. The highest BCUT2D eigenvalue weighted by Gasteiger charge is 2.12. The van der Waals surface area contributed by atoms with Crippen molar-refractivity contribution in [1.29, 1.82) is 0 Å². The number of benzene rings is 1. The molecular formula is C13H11BrClN3O. The minimum absolute atomic E-state index is 0.323. The maximum Gasteiger partial charge on any atom is 0.258 e. The molecule has 19 heavy (non-hydrogen) atoms. The van der Waals surface area contributed by atoms with Crippen molar-refractivity contribution in [3.63, 3.8) is 0 Å². The van der Waals surface area contributed by atoms with Crippen LogP contribution in [0.3, 0.4) is 0 Å². The van der Waals surface area contributed by atoms with E-state index in [0.717, 1.165) is 10.0 Å². The van der Waals surface area contributed by atoms with Gasteiger partial charge in [-0.25, -0.2) is 4.98 Å². The number of nitrogens with two attached hydrogens (primary N) is 1. The van der Waals surface area contributed by atoms with Crippen molar-refractivity contribution in [2.24, 2.45) is 0 Å². The van der Waals surface area contributed by atoms with Crippen LogP contribution in [-0.4, -0.2) is 10.9 Å². The summed E-state index contributed by atoms with van der Waals surface area (Å²) >= 11 is 9.32. The SMILES string of the molecule is Cc1cc(NC(=O)c2cc(N)ccc2Cl)ncc1Br. The van der Waals surface area contributed by atoms with E-state index in [1.807, 2.05) is 6.92 Å². The summed E-state index contributed by atoms with van der Waals surface area (Å²) in [6.45, 7) is 1.91. The van der Waals surface area contributed by atoms with Crippen LogP contribution in [-0.2, 0) is 0 Å². The summed E-state index contributed by atoms with van der Waals surface area (Å²) in [5.41, 5.74) is 7.42. The zero-order valence-corrected chi connectivity index (χ0v) is 12.4. The third-order valence-electron chi connectivity index (χ3n) is 2.52. The molecule has 0 fully saturated rings. The molecule has 0 saturated carbocycles. The van der Waals surface area contributed by atoms with E-state index >= 15 is 0 Å². The fraction of sp³-hybridized carbons (Fsp3) is 0.0769. The maximum absolute atomic E-state index is 12.1. The van der Waals surface area contributed by atoms with Gasteiger partial charge in [0.05, 0.1) is 10.6 Å². The van der Waals surface area contributed by atoms with Crippen LogP contribution >= 0.6 is 27.5 Å². The molecule has 0 aliphatic carbocycles. The highest BCUT2D eigenvalue weighted by atomic mass is 79.9. The van der Waals surface area contributed by atoms with Gasteiger partial charge in [0.1, 0.15) is 5.82 Å². The maximum atomic E-state index is 12.1. The van der Waals surface area contributed by atoms with Gasteiger partial charge in [0.25, 0.3) is 5.91 Å². The first kappa shape index (κ1) is 13.8. The first-order valence-electron chi connectivity index (χ1n) is 5.46. The molecule has 0 radical (unpaired) electrons. The number of carbonyl (C=O) groups excluding carboxylic acids is 1. The van der Waals surface area contributed by atoms with Crippen molar-refractivity contribution in [3.05, 3.63) is 51.1 Å². The summed E-state index contributed by atoms with van der Waals surface area (Å²) in [6, 6.07) is 6.53. The fourth-order valence-electron chi connectivity index (χ4n) is 1.51. The van der Waals surface area contributed by atoms with E-state index in [2.05, 4.69) is 26.2 Å². The van der Waals surface area contributed by atoms with Crippen LogP contribution < -0.4 is 11.1 Å². The average molecular weight is 341 g/mol. The quantitative estimate of drug-likeness (QED) is 0.820. The van der Waals surface area contributed by atoms with Crippen molar-refractivity contribution in [3.8, 4) is 0 Å². The Labute approximate surface area is 124 Å². The highest BCUT2D eigenvalue weighted by molar-refractivity contribution is 9.10. The first-order valence-corrected chi connectivity index (χ1v) is 6.63. The van der Waals surface area contributed by atoms with Crippen molar-refractivity contribution < 1.29 is 4.79 Å². The van der Waals surface area contributed by atoms with E-state index in [1.54, 1.807) is 24.4 Å². The van der Waals surface area contributed by atoms with E-state index in [1.165, 1.54) is 6.07 Å². The summed E-state index contributed by atoms with van der Waals surface area (Å²) in [4.78, 5) is 16.2. The molecule has 3 N–H and O–H groups in total. The van der Waals surface area contributed by atoms with Gasteiger partial charge in [-0.3, -0.25) is 4.79 Å². The second-order valence-corrected chi connectivity index (χ2v) is 5.27. The van der Waals surface area contributed by atoms with Crippen molar-refractivity contribution >= 4 is 44.9 Å². The van der Waals surface area contributed by atoms with Gasteiger partial charge in [-0.1, -0.05) is 11.6 Å². The van der Waals surface area contributed by atoms with Gasteiger partial charge in [-0.05, 0) is 52.7 Å². The lowest BCUT2D eigenvalue weighted by Gasteiger charge is -2.08. The molecule has 4 nitrogen and oxygen atoms in total. The molecule has 98 valence electrons. The number of pyridine rings is 1. The van der Waals surface area contributed by atoms with Crippen LogP contribution in [0.2, 0.25) is 5.02 Å². The van der Waals surface area contributed by atoms with Gasteiger partial charge >= 0.3 is 0 Å². The molecule has 1 heterocycles. The van der Waals surface area contributed by atoms with E-state index in [0.29, 0.717) is 22.1 Å². The van der Waals surface area contributed by atoms with E-state index in [-0.39, 0.29) is 5.91 Å². The Kier molecular flexibility index (Phi) is 4.07. The standard InChI is InChI=1S/C13H11BrClN3O/c1-7-4-12(17-6-10(7)14)18-13(19)9-5-8(16)2-3-11(9)15/h2-6H,16H2,1H3,(H,17,18,19). The Balaban J connectivity index is 2.25. The molecule has 0 spiro atoms. The topological polar surface area (TPSA) is 68.0 Å². The zero-order chi connectivity index (χ0) is 14.0. The molecule has 1 aromatic heterocycles. The van der Waals surface area contributed by atoms with E-state index in [4.69, 9.17) is 17.3 Å². The van der Waals surface area contributed by atoms with Crippen LogP contribution in [0.4, 0.5) is 11.5 Å². The summed E-state index contributed by atoms with van der Waals surface area (Å²) < 4.78 is 0.882. The van der Waals surface area contributed by atoms with Gasteiger partial charge in [-0.2, -0.15) is 0 Å². The molecule has 0 aliphatic heterocycles. The summed E-state index contributed by atoms with van der Waals surface area (Å²) in [5, 5.41) is 3.03. The number of nitrogens with zero attached hydrogens (tertiary/aromatic N) is 1. The van der Waals surface area contributed by atoms with Crippen LogP contribution in [0.5, 0.6) is 0 Å². The molecular weight excluding hydrogens is 330 g/mol. The zero-order valence-electron chi connectivity index (χ0n) is 10.1. The molecule has 1 aromatic carbocycles. The number of hydrogen-bond donors (Lipinski definition) is 2. The fourth-order valence-corrected chi connectivity index (χ4v) is 1.93. The second-order valence-electron chi connectivity index (χ2n) is 4.01. The third-order valence-corrected chi connectivity index (χ3v) is 3.68. The van der Waals surface area contributed by atoms with Crippen LogP contribution in [0, 0.1) is 6.92 Å². The smallest absolute Gasteiger partial charge is 0.258 e. The second kappa shape index (κ2) is 5.59. The highest BCUT2D eigenvalue weighted by Crippen LogP contribution is 2.21. The largest absolute Gasteiger partial charge is 0.399 e. The van der Waals surface area contributed by atoms with Crippen LogP contribution in [0.15, 0.2) is 34.9 Å². The van der Waals surface area contributed by atoms with Gasteiger partial charge in [0.15, 0.2) is 0 Å². The van der Waals surface area contributed by atoms with Gasteiger partial charge in [0.2, 0.25) is 0 Å². The van der Waals surface area contributed by atoms with Crippen LogP contribution in [0.1, 0.15) is 15.9 Å². The number of rotatable bonds is 2. The lowest BCUT2D eigenvalue weighted by Crippen LogP contribution is -2.14. The monoisotopic (exact) mass is 339 g/mol. The molecule has 6 heteroatoms. The number of halogens is 2. The van der Waals surface area contributed by atoms with Gasteiger partial charge in [0, 0.05) is 16.4 Å². The molecule has 0 atom stereocenters. The number of carbonyl (C=O) groups is 1. The normalized spacial score (nSPS) is 10.3. The number of aromatic nitrogens is 1. The molecule has 0 unspecified atom stereocenters. The number of aryl methyl sites for hydroxylation is 1. The Hall–Kier alpha value is -1.59. The Morgan fingerprint density at radius 1 is 1.42 bits per heavy atom. The molecule has 2 rings (SSSR count). The minimum atomic E-state index is -0.341. The Bertz CT molecular complexity index is 646. The third kappa shape index (κ3) is 3.24. The molecule has 1 amide bonds. The number of amides is 1. The summed E-state index contributed by atoms with van der Waals surface area (Å²) in [5.74, 6) is 0.121. The Morgan fingerprint density at radius 2 is 2.16 bits per heavy atom. The van der Waals surface area contributed by atoms with E-state index < -0.39 is 0 Å². The average Bonchev–Trinajstić information content (AvgIpc) is 2.36. The number of anilines is 2. The first-order chi connectivity index (χ1) is 8.97. The number of nitrogens with one attached hydrogen (secondary N) is 1. The summed E-state index contributed by atoms with van der Waals surface area (Å²) in [7, 11) is 0.